The first-order valence-electron chi connectivity index (χ1n) is 10.3. The van der Waals surface area contributed by atoms with Crippen LogP contribution in [0.1, 0.15) is 35.1 Å². The number of nitrogens with zero attached hydrogens (tertiary/aromatic N) is 1. The first-order valence-corrected chi connectivity index (χ1v) is 11.7. The summed E-state index contributed by atoms with van der Waals surface area (Å²) >= 11 is 0. The van der Waals surface area contributed by atoms with E-state index in [0.29, 0.717) is 37.1 Å². The number of morpholine rings is 1. The first-order chi connectivity index (χ1) is 14.1. The zero-order valence-electron chi connectivity index (χ0n) is 16.5. The van der Waals surface area contributed by atoms with Crippen molar-refractivity contribution >= 4 is 15.7 Å². The predicted octanol–water partition coefficient (Wildman–Crippen LogP) is 3.84. The van der Waals surface area contributed by atoms with Crippen LogP contribution in [-0.2, 0) is 14.8 Å². The van der Waals surface area contributed by atoms with Gasteiger partial charge in [-0.1, -0.05) is 36.4 Å². The van der Waals surface area contributed by atoms with Crippen molar-refractivity contribution in [2.75, 3.05) is 31.6 Å². The van der Waals surface area contributed by atoms with E-state index in [4.69, 9.17) is 4.74 Å². The molecule has 2 heterocycles. The minimum atomic E-state index is -3.50. The summed E-state index contributed by atoms with van der Waals surface area (Å²) in [6.07, 6.45) is 5.48. The van der Waals surface area contributed by atoms with Gasteiger partial charge in [-0.3, -0.25) is 0 Å². The van der Waals surface area contributed by atoms with Crippen molar-refractivity contribution in [3.05, 3.63) is 71.3 Å². The Kier molecular flexibility index (Phi) is 4.73. The maximum Gasteiger partial charge on any atom is 0.243 e. The highest BCUT2D eigenvalue weighted by molar-refractivity contribution is 7.89. The Labute approximate surface area is 172 Å². The first kappa shape index (κ1) is 18.9. The molecule has 2 aliphatic heterocycles. The van der Waals surface area contributed by atoms with Crippen LogP contribution in [0.4, 0.5) is 5.69 Å². The molecule has 3 unspecified atom stereocenters. The van der Waals surface area contributed by atoms with Crippen molar-refractivity contribution in [3.63, 3.8) is 0 Å². The summed E-state index contributed by atoms with van der Waals surface area (Å²) in [5, 5.41) is 3.72. The predicted molar refractivity (Wildman–Crippen MR) is 114 cm³/mol. The van der Waals surface area contributed by atoms with E-state index in [-0.39, 0.29) is 12.0 Å². The highest BCUT2D eigenvalue weighted by atomic mass is 32.2. The normalized spacial score (nSPS) is 26.6. The van der Waals surface area contributed by atoms with Gasteiger partial charge in [-0.2, -0.15) is 4.31 Å². The van der Waals surface area contributed by atoms with Crippen LogP contribution in [0.15, 0.2) is 59.5 Å². The third kappa shape index (κ3) is 3.19. The van der Waals surface area contributed by atoms with Gasteiger partial charge in [0.15, 0.2) is 0 Å². The molecule has 0 aromatic heterocycles. The molecule has 0 radical (unpaired) electrons. The summed E-state index contributed by atoms with van der Waals surface area (Å²) in [4.78, 5) is 0.383. The minimum absolute atomic E-state index is 0.227. The lowest BCUT2D eigenvalue weighted by atomic mass is 9.76. The molecule has 1 fully saturated rings. The Bertz CT molecular complexity index is 1060. The van der Waals surface area contributed by atoms with E-state index in [1.165, 1.54) is 15.4 Å². The molecular weight excluding hydrogens is 384 g/mol. The number of hydrogen-bond acceptors (Lipinski definition) is 4. The smallest absolute Gasteiger partial charge is 0.243 e. The van der Waals surface area contributed by atoms with E-state index in [0.717, 1.165) is 17.7 Å². The number of fused-ring (bicyclic) bond motifs is 3. The summed E-state index contributed by atoms with van der Waals surface area (Å²) in [6, 6.07) is 14.3. The van der Waals surface area contributed by atoms with Gasteiger partial charge in [0, 0.05) is 24.7 Å². The van der Waals surface area contributed by atoms with Gasteiger partial charge in [-0.25, -0.2) is 8.42 Å². The standard InChI is InChI=1S/C23H26N2O3S/c1-16-5-2-3-6-18(16)23-20-8-4-7-19(20)21-15-17(9-10-22(21)24-23)29(26,27)25-11-13-28-14-12-25/h2-7,9-10,15,19-20,23-24H,8,11-14H2,1H3. The molecule has 2 aromatic rings. The number of rotatable bonds is 3. The lowest BCUT2D eigenvalue weighted by Gasteiger charge is -2.38. The number of ether oxygens (including phenoxy) is 1. The zero-order valence-corrected chi connectivity index (χ0v) is 17.4. The van der Waals surface area contributed by atoms with Gasteiger partial charge < -0.3 is 10.1 Å². The molecule has 0 bridgehead atoms. The Morgan fingerprint density at radius 1 is 1.07 bits per heavy atom. The Balaban J connectivity index is 1.53. The molecule has 0 amide bonds. The Hall–Kier alpha value is -2.15. The SMILES string of the molecule is Cc1ccccc1C1Nc2ccc(S(=O)(=O)N3CCOCC3)cc2C2C=CCC21. The monoisotopic (exact) mass is 410 g/mol. The molecule has 152 valence electrons. The Morgan fingerprint density at radius 3 is 2.66 bits per heavy atom. The molecule has 6 heteroatoms. The van der Waals surface area contributed by atoms with Crippen molar-refractivity contribution < 1.29 is 13.2 Å². The van der Waals surface area contributed by atoms with Crippen LogP contribution < -0.4 is 5.32 Å². The van der Waals surface area contributed by atoms with Crippen molar-refractivity contribution in [1.29, 1.82) is 0 Å². The average Bonchev–Trinajstić information content (AvgIpc) is 3.24. The third-order valence-corrected chi connectivity index (χ3v) is 8.36. The highest BCUT2D eigenvalue weighted by Gasteiger charge is 2.39. The summed E-state index contributed by atoms with van der Waals surface area (Å²) < 4.78 is 33.1. The number of nitrogens with one attached hydrogen (secondary N) is 1. The summed E-state index contributed by atoms with van der Waals surface area (Å²) in [5.74, 6) is 0.626. The minimum Gasteiger partial charge on any atom is -0.379 e. The summed E-state index contributed by atoms with van der Waals surface area (Å²) in [6.45, 7) is 3.90. The van der Waals surface area contributed by atoms with Crippen molar-refractivity contribution in [1.82, 2.24) is 4.31 Å². The molecule has 3 atom stereocenters. The summed E-state index contributed by atoms with van der Waals surface area (Å²) in [7, 11) is -3.50. The topological polar surface area (TPSA) is 58.6 Å². The second-order valence-electron chi connectivity index (χ2n) is 8.10. The maximum absolute atomic E-state index is 13.1. The highest BCUT2D eigenvalue weighted by Crippen LogP contribution is 2.50. The van der Waals surface area contributed by atoms with E-state index in [1.807, 2.05) is 12.1 Å². The van der Waals surface area contributed by atoms with Crippen LogP contribution >= 0.6 is 0 Å². The van der Waals surface area contributed by atoms with Crippen molar-refractivity contribution in [3.8, 4) is 0 Å². The van der Waals surface area contributed by atoms with E-state index < -0.39 is 10.0 Å². The Morgan fingerprint density at radius 2 is 1.86 bits per heavy atom. The third-order valence-electron chi connectivity index (χ3n) is 6.47. The fourth-order valence-electron chi connectivity index (χ4n) is 4.91. The van der Waals surface area contributed by atoms with E-state index >= 15 is 0 Å². The molecule has 3 aliphatic rings. The second-order valence-corrected chi connectivity index (χ2v) is 10.0. The molecule has 0 saturated carbocycles. The molecule has 1 aliphatic carbocycles. The van der Waals surface area contributed by atoms with Gasteiger partial charge in [0.2, 0.25) is 10.0 Å². The van der Waals surface area contributed by atoms with Crippen molar-refractivity contribution in [2.45, 2.75) is 30.2 Å². The average molecular weight is 411 g/mol. The van der Waals surface area contributed by atoms with Crippen LogP contribution in [0.2, 0.25) is 0 Å². The van der Waals surface area contributed by atoms with Gasteiger partial charge >= 0.3 is 0 Å². The molecule has 0 spiro atoms. The lowest BCUT2D eigenvalue weighted by molar-refractivity contribution is 0.0730. The number of hydrogen-bond donors (Lipinski definition) is 1. The maximum atomic E-state index is 13.1. The van der Waals surface area contributed by atoms with Gasteiger partial charge in [0.25, 0.3) is 0 Å². The number of sulfonamides is 1. The van der Waals surface area contributed by atoms with Crippen molar-refractivity contribution in [2.24, 2.45) is 5.92 Å². The lowest BCUT2D eigenvalue weighted by Crippen LogP contribution is -2.40. The quantitative estimate of drug-likeness (QED) is 0.781. The van der Waals surface area contributed by atoms with Gasteiger partial charge in [-0.05, 0) is 54.2 Å². The van der Waals surface area contributed by atoms with Gasteiger partial charge in [0.1, 0.15) is 0 Å². The van der Waals surface area contributed by atoms with Gasteiger partial charge in [0.05, 0.1) is 24.2 Å². The molecule has 29 heavy (non-hydrogen) atoms. The molecule has 1 N–H and O–H groups in total. The molecule has 1 saturated heterocycles. The zero-order chi connectivity index (χ0) is 20.0. The molecule has 2 aromatic carbocycles. The summed E-state index contributed by atoms with van der Waals surface area (Å²) in [5.41, 5.74) is 4.72. The number of anilines is 1. The number of benzene rings is 2. The van der Waals surface area contributed by atoms with Crippen LogP contribution in [0.25, 0.3) is 0 Å². The van der Waals surface area contributed by atoms with Crippen LogP contribution in [0.5, 0.6) is 0 Å². The molecular formula is C23H26N2O3S. The largest absolute Gasteiger partial charge is 0.379 e. The van der Waals surface area contributed by atoms with Crippen LogP contribution in [0, 0.1) is 12.8 Å². The van der Waals surface area contributed by atoms with Crippen LogP contribution in [-0.4, -0.2) is 39.0 Å². The van der Waals surface area contributed by atoms with E-state index in [9.17, 15) is 8.42 Å². The fraction of sp³-hybridized carbons (Fsp3) is 0.391. The number of allylic oxidation sites excluding steroid dienone is 2. The van der Waals surface area contributed by atoms with Gasteiger partial charge in [-0.15, -0.1) is 0 Å². The molecule has 5 rings (SSSR count). The van der Waals surface area contributed by atoms with E-state index in [2.05, 4.69) is 48.7 Å². The molecule has 5 nitrogen and oxygen atoms in total. The van der Waals surface area contributed by atoms with Crippen LogP contribution in [0.3, 0.4) is 0 Å². The van der Waals surface area contributed by atoms with E-state index in [1.54, 1.807) is 6.07 Å². The second kappa shape index (κ2) is 7.27. The fourth-order valence-corrected chi connectivity index (χ4v) is 6.36. The number of aryl methyl sites for hydroxylation is 1.